The zero-order chi connectivity index (χ0) is 22.7. The number of aromatic nitrogens is 2. The van der Waals surface area contributed by atoms with E-state index in [9.17, 15) is 14.4 Å². The van der Waals surface area contributed by atoms with E-state index in [0.717, 1.165) is 35.9 Å². The predicted octanol–water partition coefficient (Wildman–Crippen LogP) is 4.85. The van der Waals surface area contributed by atoms with E-state index < -0.39 is 0 Å². The molecule has 0 saturated carbocycles. The van der Waals surface area contributed by atoms with Gasteiger partial charge in [0.1, 0.15) is 4.83 Å². The van der Waals surface area contributed by atoms with Crippen LogP contribution in [0.2, 0.25) is 0 Å². The van der Waals surface area contributed by atoms with E-state index >= 15 is 0 Å². The van der Waals surface area contributed by atoms with Crippen molar-refractivity contribution in [1.29, 1.82) is 0 Å². The Morgan fingerprint density at radius 3 is 2.69 bits per heavy atom. The van der Waals surface area contributed by atoms with E-state index in [0.29, 0.717) is 23.0 Å². The van der Waals surface area contributed by atoms with Crippen LogP contribution in [0.4, 0.5) is 5.69 Å². The minimum absolute atomic E-state index is 0.0380. The topological polar surface area (TPSA) is 81.1 Å². The number of benzene rings is 1. The maximum Gasteiger partial charge on any atom is 0.263 e. The van der Waals surface area contributed by atoms with E-state index in [-0.39, 0.29) is 23.0 Å². The molecular weight excluding hydrogens is 442 g/mol. The van der Waals surface area contributed by atoms with Gasteiger partial charge in [0.2, 0.25) is 5.91 Å². The second-order valence-corrected chi connectivity index (χ2v) is 9.84. The van der Waals surface area contributed by atoms with Crippen LogP contribution in [0.15, 0.2) is 46.9 Å². The Bertz CT molecular complexity index is 1240. The molecule has 1 aromatic carbocycles. The number of hydrogen-bond donors (Lipinski definition) is 1. The number of rotatable bonds is 7. The minimum Gasteiger partial charge on any atom is -0.326 e. The van der Waals surface area contributed by atoms with Crippen molar-refractivity contribution in [3.63, 3.8) is 0 Å². The van der Waals surface area contributed by atoms with Crippen LogP contribution in [0, 0.1) is 0 Å². The maximum atomic E-state index is 13.4. The van der Waals surface area contributed by atoms with Crippen molar-refractivity contribution < 1.29 is 9.59 Å². The fraction of sp³-hybridized carbons (Fsp3) is 0.333. The molecule has 6 nitrogen and oxygen atoms in total. The summed E-state index contributed by atoms with van der Waals surface area (Å²) in [5.74, 6) is -0.0577. The van der Waals surface area contributed by atoms with Gasteiger partial charge in [-0.1, -0.05) is 24.3 Å². The summed E-state index contributed by atoms with van der Waals surface area (Å²) >= 11 is 2.90. The molecule has 8 heteroatoms. The Hall–Kier alpha value is -2.71. The number of hydrogen-bond acceptors (Lipinski definition) is 6. The predicted molar refractivity (Wildman–Crippen MR) is 131 cm³/mol. The average molecular weight is 468 g/mol. The maximum absolute atomic E-state index is 13.4. The Kier molecular flexibility index (Phi) is 6.91. The van der Waals surface area contributed by atoms with Gasteiger partial charge in [0.15, 0.2) is 10.9 Å². The van der Waals surface area contributed by atoms with E-state index in [1.54, 1.807) is 46.2 Å². The molecule has 1 aliphatic carbocycles. The standard InChI is InChI=1S/C24H25N3O3S2/c1-3-13-27-23(30)21-18-7-5-4-6-8-20(18)32-22(21)26-24(27)31-14-19(29)16-9-11-17(12-10-16)25-15(2)28/h3,9-12H,1,4-8,13-14H2,2H3,(H,25,28). The molecule has 0 saturated heterocycles. The molecule has 2 heterocycles. The molecule has 0 unspecified atom stereocenters. The fourth-order valence-electron chi connectivity index (χ4n) is 3.95. The summed E-state index contributed by atoms with van der Waals surface area (Å²) in [5.41, 5.74) is 2.33. The third-order valence-corrected chi connectivity index (χ3v) is 7.62. The number of fused-ring (bicyclic) bond motifs is 3. The smallest absolute Gasteiger partial charge is 0.263 e. The van der Waals surface area contributed by atoms with Gasteiger partial charge in [-0.2, -0.15) is 0 Å². The summed E-state index contributed by atoms with van der Waals surface area (Å²) in [6.45, 7) is 5.58. The lowest BCUT2D eigenvalue weighted by Crippen LogP contribution is -2.23. The molecule has 1 aliphatic rings. The van der Waals surface area contributed by atoms with Gasteiger partial charge in [-0.15, -0.1) is 17.9 Å². The molecule has 0 bridgehead atoms. The largest absolute Gasteiger partial charge is 0.326 e. The first-order valence-electron chi connectivity index (χ1n) is 10.7. The molecule has 4 rings (SSSR count). The lowest BCUT2D eigenvalue weighted by Gasteiger charge is -2.10. The number of thiophene rings is 1. The van der Waals surface area contributed by atoms with Gasteiger partial charge in [-0.25, -0.2) is 4.98 Å². The molecule has 1 N–H and O–H groups in total. The Balaban J connectivity index is 1.60. The second kappa shape index (κ2) is 9.83. The molecule has 0 fully saturated rings. The molecule has 1 amide bonds. The molecule has 166 valence electrons. The molecule has 0 spiro atoms. The normalized spacial score (nSPS) is 13.4. The number of carbonyl (C=O) groups excluding carboxylic acids is 2. The third kappa shape index (κ3) is 4.71. The Labute approximate surface area is 194 Å². The van der Waals surface area contributed by atoms with Crippen LogP contribution >= 0.6 is 23.1 Å². The minimum atomic E-state index is -0.160. The summed E-state index contributed by atoms with van der Waals surface area (Å²) in [7, 11) is 0. The molecule has 0 atom stereocenters. The van der Waals surface area contributed by atoms with Gasteiger partial charge >= 0.3 is 0 Å². The second-order valence-electron chi connectivity index (χ2n) is 7.81. The zero-order valence-corrected chi connectivity index (χ0v) is 19.6. The van der Waals surface area contributed by atoms with Crippen molar-refractivity contribution >= 4 is 50.7 Å². The number of anilines is 1. The number of carbonyl (C=O) groups is 2. The zero-order valence-electron chi connectivity index (χ0n) is 18.0. The number of amides is 1. The lowest BCUT2D eigenvalue weighted by atomic mass is 10.1. The van der Waals surface area contributed by atoms with E-state index in [4.69, 9.17) is 4.98 Å². The highest BCUT2D eigenvalue weighted by Crippen LogP contribution is 2.34. The first kappa shape index (κ1) is 22.5. The monoisotopic (exact) mass is 467 g/mol. The van der Waals surface area contributed by atoms with Gasteiger partial charge in [0.05, 0.1) is 11.1 Å². The summed E-state index contributed by atoms with van der Waals surface area (Å²) in [6.07, 6.45) is 7.07. The van der Waals surface area contributed by atoms with Gasteiger partial charge in [-0.05, 0) is 55.5 Å². The van der Waals surface area contributed by atoms with Crippen molar-refractivity contribution in [2.75, 3.05) is 11.1 Å². The summed E-state index contributed by atoms with van der Waals surface area (Å²) in [6, 6.07) is 6.79. The summed E-state index contributed by atoms with van der Waals surface area (Å²) < 4.78 is 1.63. The highest BCUT2D eigenvalue weighted by Gasteiger charge is 2.21. The van der Waals surface area contributed by atoms with Crippen molar-refractivity contribution in [3.8, 4) is 0 Å². The van der Waals surface area contributed by atoms with Gasteiger partial charge in [-0.3, -0.25) is 19.0 Å². The van der Waals surface area contributed by atoms with Crippen LogP contribution in [-0.4, -0.2) is 27.0 Å². The quantitative estimate of drug-likeness (QED) is 0.177. The van der Waals surface area contributed by atoms with Crippen LogP contribution in [0.1, 0.15) is 47.0 Å². The molecule has 0 radical (unpaired) electrons. The van der Waals surface area contributed by atoms with Crippen LogP contribution < -0.4 is 10.9 Å². The number of Topliss-reactive ketones (excluding diaryl/α,β-unsaturated/α-hetero) is 1. The van der Waals surface area contributed by atoms with E-state index in [1.807, 2.05) is 0 Å². The Morgan fingerprint density at radius 2 is 1.97 bits per heavy atom. The van der Waals surface area contributed by atoms with Crippen molar-refractivity contribution in [3.05, 3.63) is 63.3 Å². The molecule has 32 heavy (non-hydrogen) atoms. The third-order valence-electron chi connectivity index (χ3n) is 5.46. The van der Waals surface area contributed by atoms with Crippen molar-refractivity contribution in [2.45, 2.75) is 50.7 Å². The molecule has 0 aliphatic heterocycles. The first-order valence-corrected chi connectivity index (χ1v) is 12.5. The number of thioether (sulfide) groups is 1. The van der Waals surface area contributed by atoms with Crippen LogP contribution in [0.25, 0.3) is 10.2 Å². The molecular formula is C24H25N3O3S2. The number of nitrogens with zero attached hydrogens (tertiary/aromatic N) is 2. The molecule has 2 aromatic heterocycles. The SMILES string of the molecule is C=CCn1c(SCC(=O)c2ccc(NC(C)=O)cc2)nc2sc3c(c2c1=O)CCCCC3. The van der Waals surface area contributed by atoms with Crippen molar-refractivity contribution in [1.82, 2.24) is 9.55 Å². The Morgan fingerprint density at radius 1 is 1.22 bits per heavy atom. The van der Waals surface area contributed by atoms with Crippen LogP contribution in [-0.2, 0) is 24.2 Å². The first-order chi connectivity index (χ1) is 15.5. The fourth-order valence-corrected chi connectivity index (χ4v) is 6.16. The lowest BCUT2D eigenvalue weighted by molar-refractivity contribution is -0.114. The summed E-state index contributed by atoms with van der Waals surface area (Å²) in [4.78, 5) is 44.1. The number of ketones is 1. The average Bonchev–Trinajstić information content (AvgIpc) is 2.95. The highest BCUT2D eigenvalue weighted by molar-refractivity contribution is 7.99. The van der Waals surface area contributed by atoms with Crippen LogP contribution in [0.5, 0.6) is 0 Å². The van der Waals surface area contributed by atoms with Gasteiger partial charge in [0.25, 0.3) is 5.56 Å². The van der Waals surface area contributed by atoms with Gasteiger partial charge < -0.3 is 5.32 Å². The number of aryl methyl sites for hydroxylation is 2. The number of nitrogens with one attached hydrogen (secondary N) is 1. The van der Waals surface area contributed by atoms with E-state index in [1.165, 1.54) is 35.5 Å². The summed E-state index contributed by atoms with van der Waals surface area (Å²) in [5, 5.41) is 3.98. The van der Waals surface area contributed by atoms with Crippen LogP contribution in [0.3, 0.4) is 0 Å². The van der Waals surface area contributed by atoms with Gasteiger partial charge in [0, 0.05) is 29.6 Å². The van der Waals surface area contributed by atoms with Crippen molar-refractivity contribution in [2.24, 2.45) is 0 Å². The highest BCUT2D eigenvalue weighted by atomic mass is 32.2. The molecule has 3 aromatic rings. The number of allylic oxidation sites excluding steroid dienone is 1. The van der Waals surface area contributed by atoms with E-state index in [2.05, 4.69) is 11.9 Å².